The number of aromatic nitrogens is 1. The molecule has 1 aromatic rings. The second-order valence-corrected chi connectivity index (χ2v) is 2.54. The zero-order valence-electron chi connectivity index (χ0n) is 7.34. The lowest BCUT2D eigenvalue weighted by molar-refractivity contribution is -0.177. The van der Waals surface area contributed by atoms with Crippen molar-refractivity contribution in [3.63, 3.8) is 0 Å². The summed E-state index contributed by atoms with van der Waals surface area (Å²) < 4.78 is 43.9. The maximum Gasteiger partial charge on any atom is 0.411 e. The minimum atomic E-state index is -4.41. The van der Waals surface area contributed by atoms with Gasteiger partial charge in [0.15, 0.2) is 0 Å². The van der Waals surface area contributed by atoms with Crippen LogP contribution in [0.15, 0.2) is 4.42 Å². The van der Waals surface area contributed by atoms with Gasteiger partial charge in [-0.2, -0.15) is 23.4 Å². The van der Waals surface area contributed by atoms with Crippen LogP contribution in [-0.2, 0) is 11.3 Å². The van der Waals surface area contributed by atoms with Crippen LogP contribution >= 0.6 is 0 Å². The van der Waals surface area contributed by atoms with Crippen LogP contribution in [0.1, 0.15) is 11.6 Å². The van der Waals surface area contributed by atoms with Crippen LogP contribution < -0.4 is 5.73 Å². The number of oxazole rings is 1. The quantitative estimate of drug-likeness (QED) is 0.828. The largest absolute Gasteiger partial charge is 0.422 e. The number of hydrogen-bond donors (Lipinski definition) is 1. The molecule has 0 unspecified atom stereocenters. The Morgan fingerprint density at radius 2 is 2.20 bits per heavy atom. The third-order valence-electron chi connectivity index (χ3n) is 1.29. The topological polar surface area (TPSA) is 85.1 Å². The maximum atomic E-state index is 11.7. The van der Waals surface area contributed by atoms with Crippen molar-refractivity contribution < 1.29 is 22.3 Å². The molecule has 0 aliphatic rings. The molecule has 0 saturated heterocycles. The van der Waals surface area contributed by atoms with Gasteiger partial charge in [0.1, 0.15) is 19.3 Å². The maximum absolute atomic E-state index is 11.7. The summed E-state index contributed by atoms with van der Waals surface area (Å²) in [6, 6.07) is 1.61. The second-order valence-electron chi connectivity index (χ2n) is 2.54. The number of anilines is 1. The monoisotopic (exact) mass is 221 g/mol. The Hall–Kier alpha value is -1.75. The number of nitrogens with zero attached hydrogens (tertiary/aromatic N) is 2. The van der Waals surface area contributed by atoms with Crippen LogP contribution in [0, 0.1) is 11.3 Å². The second kappa shape index (κ2) is 4.18. The number of alkyl halides is 3. The molecule has 0 amide bonds. The molecule has 0 aromatic carbocycles. The number of rotatable bonds is 3. The molecule has 82 valence electrons. The summed E-state index contributed by atoms with van der Waals surface area (Å²) >= 11 is 0. The number of nitrogen functional groups attached to an aromatic ring is 1. The van der Waals surface area contributed by atoms with Crippen molar-refractivity contribution in [2.75, 3.05) is 12.3 Å². The van der Waals surface area contributed by atoms with Gasteiger partial charge in [-0.3, -0.25) is 0 Å². The molecule has 15 heavy (non-hydrogen) atoms. The third kappa shape index (κ3) is 3.47. The normalized spacial score (nSPS) is 11.3. The number of hydrogen-bond acceptors (Lipinski definition) is 5. The molecule has 0 fully saturated rings. The van der Waals surface area contributed by atoms with Gasteiger partial charge in [-0.15, -0.1) is 0 Å². The van der Waals surface area contributed by atoms with Gasteiger partial charge < -0.3 is 14.9 Å². The summed E-state index contributed by atoms with van der Waals surface area (Å²) in [5, 5.41) is 8.41. The van der Waals surface area contributed by atoms with E-state index in [1.165, 1.54) is 0 Å². The Morgan fingerprint density at radius 1 is 1.53 bits per heavy atom. The highest BCUT2D eigenvalue weighted by Crippen LogP contribution is 2.17. The van der Waals surface area contributed by atoms with E-state index >= 15 is 0 Å². The van der Waals surface area contributed by atoms with Gasteiger partial charge in [0.05, 0.1) is 0 Å². The number of halogens is 3. The van der Waals surface area contributed by atoms with Gasteiger partial charge in [0, 0.05) is 0 Å². The van der Waals surface area contributed by atoms with Crippen LogP contribution in [0.5, 0.6) is 0 Å². The summed E-state index contributed by atoms with van der Waals surface area (Å²) in [5.74, 6) is -0.392. The minimum absolute atomic E-state index is 0.159. The molecule has 0 spiro atoms. The molecular weight excluding hydrogens is 215 g/mol. The van der Waals surface area contributed by atoms with Gasteiger partial charge in [-0.05, 0) is 0 Å². The molecule has 1 aromatic heterocycles. The Balaban J connectivity index is 2.49. The average Bonchev–Trinajstić information content (AvgIpc) is 2.44. The van der Waals surface area contributed by atoms with Crippen molar-refractivity contribution in [2.45, 2.75) is 12.8 Å². The summed E-state index contributed by atoms with van der Waals surface area (Å²) in [5.41, 5.74) is 5.01. The van der Waals surface area contributed by atoms with E-state index in [2.05, 4.69) is 14.1 Å². The van der Waals surface area contributed by atoms with Crippen molar-refractivity contribution in [2.24, 2.45) is 0 Å². The Bertz CT molecular complexity index is 380. The van der Waals surface area contributed by atoms with Gasteiger partial charge >= 0.3 is 6.18 Å². The van der Waals surface area contributed by atoms with E-state index < -0.39 is 19.4 Å². The highest BCUT2D eigenvalue weighted by Gasteiger charge is 2.27. The van der Waals surface area contributed by atoms with Crippen LogP contribution in [0.4, 0.5) is 19.1 Å². The highest BCUT2D eigenvalue weighted by molar-refractivity contribution is 5.40. The molecule has 0 radical (unpaired) electrons. The zero-order chi connectivity index (χ0) is 11.5. The summed E-state index contributed by atoms with van der Waals surface area (Å²) in [7, 11) is 0. The Kier molecular flexibility index (Phi) is 3.16. The predicted molar refractivity (Wildman–Crippen MR) is 41.3 cm³/mol. The molecule has 0 bridgehead atoms. The van der Waals surface area contributed by atoms with E-state index in [9.17, 15) is 13.2 Å². The Labute approximate surface area is 82.2 Å². The molecule has 1 rings (SSSR count). The lowest BCUT2D eigenvalue weighted by Gasteiger charge is -2.04. The zero-order valence-corrected chi connectivity index (χ0v) is 7.34. The fourth-order valence-corrected chi connectivity index (χ4v) is 0.774. The molecule has 8 heteroatoms. The minimum Gasteiger partial charge on any atom is -0.422 e. The smallest absolute Gasteiger partial charge is 0.411 e. The lowest BCUT2D eigenvalue weighted by Crippen LogP contribution is -2.16. The standard InChI is InChI=1S/C7H6F3N3O2/c8-7(9,10)3-14-2-5-13-4(1-11)6(12)15-5/h2-3,12H2. The van der Waals surface area contributed by atoms with E-state index in [-0.39, 0.29) is 17.5 Å². The van der Waals surface area contributed by atoms with Crippen molar-refractivity contribution in [1.82, 2.24) is 4.98 Å². The molecule has 1 heterocycles. The third-order valence-corrected chi connectivity index (χ3v) is 1.29. The average molecular weight is 221 g/mol. The molecule has 0 saturated carbocycles. The van der Waals surface area contributed by atoms with Crippen molar-refractivity contribution in [3.8, 4) is 6.07 Å². The highest BCUT2D eigenvalue weighted by atomic mass is 19.4. The number of nitriles is 1. The van der Waals surface area contributed by atoms with Crippen molar-refractivity contribution in [1.29, 1.82) is 5.26 Å². The van der Waals surface area contributed by atoms with Gasteiger partial charge in [0.25, 0.3) is 0 Å². The van der Waals surface area contributed by atoms with Gasteiger partial charge in [0.2, 0.25) is 17.5 Å². The van der Waals surface area contributed by atoms with Crippen LogP contribution in [0.25, 0.3) is 0 Å². The predicted octanol–water partition coefficient (Wildman–Crippen LogP) is 1.21. The first-order valence-electron chi connectivity index (χ1n) is 3.72. The van der Waals surface area contributed by atoms with E-state index in [0.717, 1.165) is 0 Å². The number of ether oxygens (including phenoxy) is 1. The Morgan fingerprint density at radius 3 is 2.67 bits per heavy atom. The summed E-state index contributed by atoms with van der Waals surface area (Å²) in [4.78, 5) is 3.50. The molecule has 0 atom stereocenters. The first kappa shape index (κ1) is 11.3. The lowest BCUT2D eigenvalue weighted by atomic mass is 10.5. The van der Waals surface area contributed by atoms with E-state index in [4.69, 9.17) is 11.0 Å². The summed E-state index contributed by atoms with van der Waals surface area (Å²) in [6.45, 7) is -1.89. The number of nitrogens with two attached hydrogens (primary N) is 1. The fourth-order valence-electron chi connectivity index (χ4n) is 0.774. The molecule has 2 N–H and O–H groups in total. The van der Waals surface area contributed by atoms with Gasteiger partial charge in [-0.1, -0.05) is 0 Å². The van der Waals surface area contributed by atoms with Gasteiger partial charge in [-0.25, -0.2) is 0 Å². The first-order valence-corrected chi connectivity index (χ1v) is 3.72. The van der Waals surface area contributed by atoms with Crippen molar-refractivity contribution >= 4 is 5.88 Å². The molecule has 0 aliphatic carbocycles. The molecule has 0 aliphatic heterocycles. The van der Waals surface area contributed by atoms with Crippen LogP contribution in [-0.4, -0.2) is 17.8 Å². The van der Waals surface area contributed by atoms with Crippen LogP contribution in [0.3, 0.4) is 0 Å². The first-order chi connectivity index (χ1) is 6.92. The van der Waals surface area contributed by atoms with E-state index in [1.54, 1.807) is 6.07 Å². The van der Waals surface area contributed by atoms with E-state index in [0.29, 0.717) is 0 Å². The fraction of sp³-hybridized carbons (Fsp3) is 0.429. The SMILES string of the molecule is N#Cc1nc(COCC(F)(F)F)oc1N. The van der Waals surface area contributed by atoms with Crippen LogP contribution in [0.2, 0.25) is 0 Å². The summed E-state index contributed by atoms with van der Waals surface area (Å²) in [6.07, 6.45) is -4.41. The molecule has 5 nitrogen and oxygen atoms in total. The van der Waals surface area contributed by atoms with E-state index in [1.807, 2.05) is 0 Å². The van der Waals surface area contributed by atoms with Crippen molar-refractivity contribution in [3.05, 3.63) is 11.6 Å². The molecular formula is C7H6F3N3O2.